The fraction of sp³-hybridized carbons (Fsp3) is 0.348. The van der Waals surface area contributed by atoms with Gasteiger partial charge in [0.2, 0.25) is 0 Å². The average molecular weight is 404 g/mol. The van der Waals surface area contributed by atoms with Crippen LogP contribution < -0.4 is 5.63 Å². The monoisotopic (exact) mass is 404 g/mol. The van der Waals surface area contributed by atoms with Gasteiger partial charge < -0.3 is 9.52 Å². The minimum atomic E-state index is -0.383. The number of phenols is 1. The molecular weight excluding hydrogens is 380 g/mol. The highest BCUT2D eigenvalue weighted by molar-refractivity contribution is 5.82. The van der Waals surface area contributed by atoms with Gasteiger partial charge in [0.15, 0.2) is 5.65 Å². The topological polar surface area (TPSA) is 83.9 Å². The van der Waals surface area contributed by atoms with Gasteiger partial charge in [-0.15, -0.1) is 10.2 Å². The molecule has 1 saturated heterocycles. The fourth-order valence-corrected chi connectivity index (χ4v) is 4.45. The predicted molar refractivity (Wildman–Crippen MR) is 114 cm³/mol. The number of rotatable bonds is 4. The summed E-state index contributed by atoms with van der Waals surface area (Å²) >= 11 is 0. The Labute approximate surface area is 173 Å². The summed E-state index contributed by atoms with van der Waals surface area (Å²) in [5, 5.41) is 19.7. The second-order valence-electron chi connectivity index (χ2n) is 7.96. The van der Waals surface area contributed by atoms with E-state index in [-0.39, 0.29) is 11.4 Å². The van der Waals surface area contributed by atoms with Gasteiger partial charge in [0.25, 0.3) is 0 Å². The summed E-state index contributed by atoms with van der Waals surface area (Å²) < 4.78 is 7.41. The van der Waals surface area contributed by atoms with E-state index < -0.39 is 0 Å². The molecule has 0 atom stereocenters. The molecule has 0 radical (unpaired) electrons. The van der Waals surface area contributed by atoms with E-state index in [1.54, 1.807) is 12.1 Å². The summed E-state index contributed by atoms with van der Waals surface area (Å²) in [6.07, 6.45) is 4.73. The Morgan fingerprint density at radius 1 is 1.13 bits per heavy atom. The lowest BCUT2D eigenvalue weighted by atomic mass is 9.95. The molecule has 1 N–H and O–H groups in total. The minimum Gasteiger partial charge on any atom is -0.508 e. The maximum absolute atomic E-state index is 12.1. The number of piperidine rings is 1. The first-order valence-electron chi connectivity index (χ1n) is 10.4. The van der Waals surface area contributed by atoms with Crippen molar-refractivity contribution in [3.05, 3.63) is 70.0 Å². The van der Waals surface area contributed by atoms with E-state index in [1.807, 2.05) is 37.4 Å². The fourth-order valence-electron chi connectivity index (χ4n) is 4.45. The second kappa shape index (κ2) is 7.57. The molecule has 0 unspecified atom stereocenters. The van der Waals surface area contributed by atoms with E-state index in [9.17, 15) is 9.90 Å². The first kappa shape index (κ1) is 18.8. The number of benzene rings is 1. The molecule has 154 valence electrons. The number of hydrogen-bond acceptors (Lipinski definition) is 6. The van der Waals surface area contributed by atoms with Gasteiger partial charge in [0.1, 0.15) is 17.2 Å². The van der Waals surface area contributed by atoms with Crippen molar-refractivity contribution in [3.63, 3.8) is 0 Å². The summed E-state index contributed by atoms with van der Waals surface area (Å²) in [7, 11) is 0. The lowest BCUT2D eigenvalue weighted by Gasteiger charge is -2.31. The van der Waals surface area contributed by atoms with Gasteiger partial charge in [0.05, 0.1) is 0 Å². The van der Waals surface area contributed by atoms with Gasteiger partial charge in [-0.25, -0.2) is 4.79 Å². The van der Waals surface area contributed by atoms with Crippen LogP contribution in [-0.4, -0.2) is 37.7 Å². The zero-order valence-corrected chi connectivity index (χ0v) is 16.9. The largest absolute Gasteiger partial charge is 0.508 e. The number of aromatic nitrogens is 3. The number of fused-ring (bicyclic) bond motifs is 2. The Kier molecular flexibility index (Phi) is 4.75. The SMILES string of the molecule is CCc1cc2c(CN3CCC(c4nnc5ccccn45)CC3)cc(=O)oc2cc1O. The maximum atomic E-state index is 12.1. The molecule has 1 aliphatic rings. The van der Waals surface area contributed by atoms with Crippen molar-refractivity contribution in [2.24, 2.45) is 0 Å². The first-order chi connectivity index (χ1) is 14.6. The van der Waals surface area contributed by atoms with Gasteiger partial charge in [-0.05, 0) is 61.7 Å². The molecular formula is C23H24N4O3. The van der Waals surface area contributed by atoms with Crippen LogP contribution in [0, 0.1) is 0 Å². The maximum Gasteiger partial charge on any atom is 0.336 e. The van der Waals surface area contributed by atoms with Crippen molar-refractivity contribution < 1.29 is 9.52 Å². The van der Waals surface area contributed by atoms with Crippen LogP contribution in [0.5, 0.6) is 5.75 Å². The highest BCUT2D eigenvalue weighted by atomic mass is 16.4. The van der Waals surface area contributed by atoms with Crippen LogP contribution in [0.3, 0.4) is 0 Å². The van der Waals surface area contributed by atoms with Crippen LogP contribution in [0.1, 0.15) is 42.6 Å². The Morgan fingerprint density at radius 2 is 1.97 bits per heavy atom. The van der Waals surface area contributed by atoms with Crippen LogP contribution in [0.4, 0.5) is 0 Å². The van der Waals surface area contributed by atoms with Crippen molar-refractivity contribution in [2.75, 3.05) is 13.1 Å². The molecule has 0 saturated carbocycles. The molecule has 1 aliphatic heterocycles. The molecule has 4 aromatic rings. The van der Waals surface area contributed by atoms with E-state index in [0.29, 0.717) is 18.0 Å². The van der Waals surface area contributed by atoms with Crippen LogP contribution in [0.2, 0.25) is 0 Å². The quantitative estimate of drug-likeness (QED) is 0.524. The van der Waals surface area contributed by atoms with Crippen molar-refractivity contribution in [2.45, 2.75) is 38.6 Å². The zero-order chi connectivity index (χ0) is 20.7. The van der Waals surface area contributed by atoms with Gasteiger partial charge in [-0.3, -0.25) is 9.30 Å². The van der Waals surface area contributed by atoms with Crippen molar-refractivity contribution in [1.29, 1.82) is 0 Å². The summed E-state index contributed by atoms with van der Waals surface area (Å²) in [4.78, 5) is 14.4. The van der Waals surface area contributed by atoms with Gasteiger partial charge in [0, 0.05) is 36.2 Å². The number of pyridine rings is 1. The minimum absolute atomic E-state index is 0.173. The third kappa shape index (κ3) is 3.35. The summed E-state index contributed by atoms with van der Waals surface area (Å²) in [6.45, 7) is 4.53. The van der Waals surface area contributed by atoms with Crippen molar-refractivity contribution in [1.82, 2.24) is 19.5 Å². The normalized spacial score (nSPS) is 15.9. The highest BCUT2D eigenvalue weighted by Gasteiger charge is 2.25. The van der Waals surface area contributed by atoms with Crippen LogP contribution in [0.25, 0.3) is 16.6 Å². The Hall–Kier alpha value is -3.19. The smallest absolute Gasteiger partial charge is 0.336 e. The second-order valence-corrected chi connectivity index (χ2v) is 7.96. The molecule has 0 amide bonds. The molecule has 0 aliphatic carbocycles. The molecule has 7 nitrogen and oxygen atoms in total. The number of aromatic hydroxyl groups is 1. The average Bonchev–Trinajstić information content (AvgIpc) is 3.18. The molecule has 5 rings (SSSR count). The Bertz CT molecular complexity index is 1270. The number of likely N-dealkylation sites (tertiary alicyclic amines) is 1. The molecule has 0 bridgehead atoms. The third-order valence-corrected chi connectivity index (χ3v) is 6.10. The summed E-state index contributed by atoms with van der Waals surface area (Å²) in [5.41, 5.74) is 2.74. The summed E-state index contributed by atoms with van der Waals surface area (Å²) in [6, 6.07) is 11.0. The van der Waals surface area contributed by atoms with E-state index in [0.717, 1.165) is 60.3 Å². The standard InChI is InChI=1S/C23H24N4O3/c1-2-15-11-18-17(12-22(29)30-20(18)13-19(15)28)14-26-9-6-16(7-10-26)23-25-24-21-5-3-4-8-27(21)23/h3-5,8,11-13,16,28H,2,6-7,9-10,14H2,1H3. The number of hydrogen-bond donors (Lipinski definition) is 1. The van der Waals surface area contributed by atoms with Crippen LogP contribution >= 0.6 is 0 Å². The van der Waals surface area contributed by atoms with Gasteiger partial charge >= 0.3 is 5.63 Å². The molecule has 1 fully saturated rings. The molecule has 0 spiro atoms. The van der Waals surface area contributed by atoms with E-state index >= 15 is 0 Å². The lowest BCUT2D eigenvalue weighted by molar-refractivity contribution is 0.201. The van der Waals surface area contributed by atoms with Gasteiger partial charge in [-0.1, -0.05) is 13.0 Å². The molecule has 3 aromatic heterocycles. The van der Waals surface area contributed by atoms with Crippen molar-refractivity contribution in [3.8, 4) is 5.75 Å². The molecule has 1 aromatic carbocycles. The lowest BCUT2D eigenvalue weighted by Crippen LogP contribution is -2.33. The summed E-state index contributed by atoms with van der Waals surface area (Å²) in [5.74, 6) is 1.57. The van der Waals surface area contributed by atoms with Crippen molar-refractivity contribution >= 4 is 16.6 Å². The third-order valence-electron chi connectivity index (χ3n) is 6.10. The molecule has 4 heterocycles. The highest BCUT2D eigenvalue weighted by Crippen LogP contribution is 2.30. The molecule has 7 heteroatoms. The predicted octanol–water partition coefficient (Wildman–Crippen LogP) is 3.48. The zero-order valence-electron chi connectivity index (χ0n) is 16.9. The van der Waals surface area contributed by atoms with Crippen LogP contribution in [0.15, 0.2) is 51.8 Å². The Morgan fingerprint density at radius 3 is 2.77 bits per heavy atom. The first-order valence-corrected chi connectivity index (χ1v) is 10.4. The number of phenolic OH excluding ortho intramolecular Hbond substituents is 1. The number of aryl methyl sites for hydroxylation is 1. The van der Waals surface area contributed by atoms with Gasteiger partial charge in [-0.2, -0.15) is 0 Å². The van der Waals surface area contributed by atoms with E-state index in [2.05, 4.69) is 19.5 Å². The number of nitrogens with zero attached hydrogens (tertiary/aromatic N) is 4. The van der Waals surface area contributed by atoms with E-state index in [4.69, 9.17) is 4.42 Å². The molecule has 30 heavy (non-hydrogen) atoms. The van der Waals surface area contributed by atoms with Crippen LogP contribution in [-0.2, 0) is 13.0 Å². The van der Waals surface area contributed by atoms with E-state index in [1.165, 1.54) is 0 Å². The Balaban J connectivity index is 1.36.